The molecule has 13 heteroatoms. The zero-order valence-electron chi connectivity index (χ0n) is 20.4. The summed E-state index contributed by atoms with van der Waals surface area (Å²) in [6, 6.07) is -3.96. The Labute approximate surface area is 206 Å². The summed E-state index contributed by atoms with van der Waals surface area (Å²) in [5.74, 6) is -3.28. The molecule has 0 aliphatic rings. The summed E-state index contributed by atoms with van der Waals surface area (Å²) >= 11 is 3.95. The molecule has 0 aromatic heterocycles. The molecule has 0 fully saturated rings. The Morgan fingerprint density at radius 1 is 0.971 bits per heavy atom. The number of thiol groups is 1. The van der Waals surface area contributed by atoms with Gasteiger partial charge in [0.1, 0.15) is 18.1 Å². The summed E-state index contributed by atoms with van der Waals surface area (Å²) in [4.78, 5) is 53.5. The fourth-order valence-electron chi connectivity index (χ4n) is 3.03. The van der Waals surface area contributed by atoms with E-state index in [1.165, 1.54) is 0 Å². The van der Waals surface area contributed by atoms with Crippen LogP contribution in [0.15, 0.2) is 4.99 Å². The van der Waals surface area contributed by atoms with E-state index in [1.807, 2.05) is 20.8 Å². The lowest BCUT2D eigenvalue weighted by atomic mass is 9.96. The van der Waals surface area contributed by atoms with E-state index < -0.39 is 47.9 Å². The highest BCUT2D eigenvalue weighted by molar-refractivity contribution is 7.80. The lowest BCUT2D eigenvalue weighted by Gasteiger charge is -2.28. The Morgan fingerprint density at radius 2 is 1.56 bits per heavy atom. The number of nitrogens with two attached hydrogens (primary N) is 3. The SMILES string of the molecule is CCC(C)C(NC(=O)C(CC(C)C)NC(=O)C(N)CCCN=C(N)N)C(=O)NC(CS)C(=O)O. The van der Waals surface area contributed by atoms with E-state index in [1.54, 1.807) is 6.92 Å². The number of aliphatic imine (C=N–C) groups is 1. The summed E-state index contributed by atoms with van der Waals surface area (Å²) in [5.41, 5.74) is 16.5. The Hall–Kier alpha value is -2.54. The summed E-state index contributed by atoms with van der Waals surface area (Å²) in [7, 11) is 0. The smallest absolute Gasteiger partial charge is 0.327 e. The van der Waals surface area contributed by atoms with E-state index in [9.17, 15) is 24.3 Å². The molecule has 196 valence electrons. The second kappa shape index (κ2) is 16.1. The first-order valence-electron chi connectivity index (χ1n) is 11.4. The molecule has 0 heterocycles. The van der Waals surface area contributed by atoms with Crippen molar-refractivity contribution in [1.29, 1.82) is 0 Å². The minimum absolute atomic E-state index is 0.0457. The summed E-state index contributed by atoms with van der Waals surface area (Å²) in [6.07, 6.45) is 1.68. The van der Waals surface area contributed by atoms with Crippen LogP contribution in [0.3, 0.4) is 0 Å². The van der Waals surface area contributed by atoms with Crippen molar-refractivity contribution in [2.75, 3.05) is 12.3 Å². The van der Waals surface area contributed by atoms with Crippen molar-refractivity contribution < 1.29 is 24.3 Å². The minimum Gasteiger partial charge on any atom is -0.480 e. The second-order valence-corrected chi connectivity index (χ2v) is 9.06. The minimum atomic E-state index is -1.23. The molecule has 0 bridgehead atoms. The average Bonchev–Trinajstić information content (AvgIpc) is 2.76. The predicted molar refractivity (Wildman–Crippen MR) is 134 cm³/mol. The average molecular weight is 504 g/mol. The van der Waals surface area contributed by atoms with Crippen molar-refractivity contribution in [3.63, 3.8) is 0 Å². The Balaban J connectivity index is 5.35. The maximum Gasteiger partial charge on any atom is 0.327 e. The number of aliphatic carboxylic acids is 1. The predicted octanol–water partition coefficient (Wildman–Crippen LogP) is -1.07. The van der Waals surface area contributed by atoms with Crippen LogP contribution in [0.25, 0.3) is 0 Å². The molecule has 0 saturated carbocycles. The van der Waals surface area contributed by atoms with Crippen LogP contribution in [0.1, 0.15) is 53.4 Å². The first-order chi connectivity index (χ1) is 15.8. The van der Waals surface area contributed by atoms with Crippen molar-refractivity contribution in [3.05, 3.63) is 0 Å². The van der Waals surface area contributed by atoms with Crippen molar-refractivity contribution in [2.45, 2.75) is 77.5 Å². The van der Waals surface area contributed by atoms with Gasteiger partial charge in [-0.1, -0.05) is 34.1 Å². The van der Waals surface area contributed by atoms with Crippen molar-refractivity contribution in [2.24, 2.45) is 34.0 Å². The molecule has 0 aliphatic carbocycles. The number of guanidine groups is 1. The fourth-order valence-corrected chi connectivity index (χ4v) is 3.28. The topological polar surface area (TPSA) is 215 Å². The highest BCUT2D eigenvalue weighted by Crippen LogP contribution is 2.12. The highest BCUT2D eigenvalue weighted by atomic mass is 32.1. The molecule has 0 spiro atoms. The molecule has 5 atom stereocenters. The van der Waals surface area contributed by atoms with Gasteiger partial charge >= 0.3 is 5.97 Å². The molecule has 0 rings (SSSR count). The second-order valence-electron chi connectivity index (χ2n) is 8.70. The van der Waals surface area contributed by atoms with Gasteiger partial charge in [-0.25, -0.2) is 4.79 Å². The van der Waals surface area contributed by atoms with Gasteiger partial charge in [0.15, 0.2) is 5.96 Å². The van der Waals surface area contributed by atoms with Gasteiger partial charge in [-0.3, -0.25) is 19.4 Å². The van der Waals surface area contributed by atoms with Crippen LogP contribution in [0.5, 0.6) is 0 Å². The normalized spacial score (nSPS) is 15.4. The summed E-state index contributed by atoms with van der Waals surface area (Å²) in [6.45, 7) is 7.73. The largest absolute Gasteiger partial charge is 0.480 e. The van der Waals surface area contributed by atoms with Gasteiger partial charge in [0.2, 0.25) is 17.7 Å². The van der Waals surface area contributed by atoms with E-state index in [0.717, 1.165) is 0 Å². The molecule has 12 nitrogen and oxygen atoms in total. The quantitative estimate of drug-likeness (QED) is 0.0560. The van der Waals surface area contributed by atoms with Gasteiger partial charge < -0.3 is 38.3 Å². The first kappa shape index (κ1) is 31.5. The Kier molecular flexibility index (Phi) is 14.9. The number of rotatable bonds is 16. The number of carboxylic acid groups (broad SMARTS) is 1. The molecule has 3 amide bonds. The van der Waals surface area contributed by atoms with Gasteiger partial charge in [0, 0.05) is 12.3 Å². The van der Waals surface area contributed by atoms with Crippen molar-refractivity contribution in [1.82, 2.24) is 16.0 Å². The number of carboxylic acids is 1. The van der Waals surface area contributed by atoms with Crippen LogP contribution in [-0.4, -0.2) is 71.2 Å². The third kappa shape index (κ3) is 12.1. The Bertz CT molecular complexity index is 716. The van der Waals surface area contributed by atoms with Crippen LogP contribution in [0.2, 0.25) is 0 Å². The molecule has 0 aromatic carbocycles. The first-order valence-corrected chi connectivity index (χ1v) is 12.0. The number of carbonyl (C=O) groups is 4. The number of nitrogens with one attached hydrogen (secondary N) is 3. The monoisotopic (exact) mass is 503 g/mol. The van der Waals surface area contributed by atoms with Gasteiger partial charge in [-0.2, -0.15) is 12.6 Å². The van der Waals surface area contributed by atoms with Gasteiger partial charge in [-0.15, -0.1) is 0 Å². The van der Waals surface area contributed by atoms with Crippen LogP contribution in [0.4, 0.5) is 0 Å². The zero-order chi connectivity index (χ0) is 26.4. The molecule has 0 radical (unpaired) electrons. The molecular formula is C21H41N7O5S. The van der Waals surface area contributed by atoms with Crippen LogP contribution >= 0.6 is 12.6 Å². The Morgan fingerprint density at radius 3 is 2.03 bits per heavy atom. The zero-order valence-corrected chi connectivity index (χ0v) is 21.3. The third-order valence-corrected chi connectivity index (χ3v) is 5.60. The summed E-state index contributed by atoms with van der Waals surface area (Å²) in [5, 5.41) is 16.9. The maximum atomic E-state index is 13.1. The molecule has 34 heavy (non-hydrogen) atoms. The molecule has 0 aromatic rings. The standard InChI is InChI=1S/C21H41N7O5S/c1-5-12(4)16(19(31)27-15(10-34)20(32)33)28-18(30)14(9-11(2)3)26-17(29)13(22)7-6-8-25-21(23)24/h11-16,34H,5-10,22H2,1-4H3,(H,26,29)(H,27,31)(H,28,30)(H,32,33)(H4,23,24,25). The van der Waals surface area contributed by atoms with Crippen LogP contribution in [-0.2, 0) is 19.2 Å². The molecule has 0 aliphatic heterocycles. The fraction of sp³-hybridized carbons (Fsp3) is 0.762. The highest BCUT2D eigenvalue weighted by Gasteiger charge is 2.32. The number of amides is 3. The molecular weight excluding hydrogens is 462 g/mol. The number of carbonyl (C=O) groups excluding carboxylic acids is 3. The van der Waals surface area contributed by atoms with E-state index >= 15 is 0 Å². The molecule has 5 unspecified atom stereocenters. The van der Waals surface area contributed by atoms with Crippen LogP contribution in [0, 0.1) is 11.8 Å². The lowest BCUT2D eigenvalue weighted by molar-refractivity contribution is -0.142. The molecule has 10 N–H and O–H groups in total. The number of nitrogens with zero attached hydrogens (tertiary/aromatic N) is 1. The van der Waals surface area contributed by atoms with E-state index in [0.29, 0.717) is 32.2 Å². The number of hydrogen-bond donors (Lipinski definition) is 8. The third-order valence-electron chi connectivity index (χ3n) is 5.23. The lowest BCUT2D eigenvalue weighted by Crippen LogP contribution is -2.59. The van der Waals surface area contributed by atoms with Gasteiger partial charge in [0.25, 0.3) is 0 Å². The maximum absolute atomic E-state index is 13.1. The van der Waals surface area contributed by atoms with E-state index in [2.05, 4.69) is 33.6 Å². The van der Waals surface area contributed by atoms with E-state index in [-0.39, 0.29) is 23.5 Å². The van der Waals surface area contributed by atoms with E-state index in [4.69, 9.17) is 17.2 Å². The molecule has 0 saturated heterocycles. The van der Waals surface area contributed by atoms with Crippen molar-refractivity contribution >= 4 is 42.3 Å². The summed E-state index contributed by atoms with van der Waals surface area (Å²) < 4.78 is 0. The van der Waals surface area contributed by atoms with Gasteiger partial charge in [-0.05, 0) is 31.1 Å². The van der Waals surface area contributed by atoms with Crippen LogP contribution < -0.4 is 33.2 Å². The van der Waals surface area contributed by atoms with Gasteiger partial charge in [0.05, 0.1) is 6.04 Å². The number of hydrogen-bond acceptors (Lipinski definition) is 7. The van der Waals surface area contributed by atoms with Crippen molar-refractivity contribution in [3.8, 4) is 0 Å².